The minimum absolute atomic E-state index is 0.0888. The van der Waals surface area contributed by atoms with Crippen LogP contribution in [0.1, 0.15) is 5.69 Å². The summed E-state index contributed by atoms with van der Waals surface area (Å²) in [6.45, 7) is 0.0888. The van der Waals surface area contributed by atoms with E-state index in [-0.39, 0.29) is 12.2 Å². The number of hydrogen-bond acceptors (Lipinski definition) is 4. The van der Waals surface area contributed by atoms with E-state index < -0.39 is 5.82 Å². The fourth-order valence-corrected chi connectivity index (χ4v) is 1.79. The third-order valence-corrected chi connectivity index (χ3v) is 2.53. The van der Waals surface area contributed by atoms with E-state index in [1.54, 1.807) is 0 Å². The zero-order valence-electron chi connectivity index (χ0n) is 7.27. The molecule has 2 aromatic rings. The van der Waals surface area contributed by atoms with Gasteiger partial charge in [0.1, 0.15) is 12.0 Å². The SMILES string of the molecule is NCc1ncnc(-c2ccsc2)c1F. The molecule has 5 heteroatoms. The Labute approximate surface area is 84.4 Å². The summed E-state index contributed by atoms with van der Waals surface area (Å²) in [6.07, 6.45) is 1.33. The summed E-state index contributed by atoms with van der Waals surface area (Å²) in [7, 11) is 0. The summed E-state index contributed by atoms with van der Waals surface area (Å²) in [5, 5.41) is 3.71. The molecule has 2 rings (SSSR count). The molecule has 0 atom stereocenters. The highest BCUT2D eigenvalue weighted by Crippen LogP contribution is 2.23. The van der Waals surface area contributed by atoms with Gasteiger partial charge in [-0.2, -0.15) is 11.3 Å². The first-order valence-electron chi connectivity index (χ1n) is 4.05. The van der Waals surface area contributed by atoms with Gasteiger partial charge in [-0.15, -0.1) is 0 Å². The molecule has 14 heavy (non-hydrogen) atoms. The Hall–Kier alpha value is -1.33. The quantitative estimate of drug-likeness (QED) is 0.820. The Balaban J connectivity index is 2.54. The van der Waals surface area contributed by atoms with Crippen LogP contribution in [0, 0.1) is 5.82 Å². The van der Waals surface area contributed by atoms with Crippen molar-refractivity contribution in [3.8, 4) is 11.3 Å². The predicted molar refractivity (Wildman–Crippen MR) is 53.2 cm³/mol. The fraction of sp³-hybridized carbons (Fsp3) is 0.111. The van der Waals surface area contributed by atoms with Crippen LogP contribution in [0.15, 0.2) is 23.2 Å². The van der Waals surface area contributed by atoms with Gasteiger partial charge in [-0.3, -0.25) is 0 Å². The molecule has 0 amide bonds. The van der Waals surface area contributed by atoms with Gasteiger partial charge in [0.2, 0.25) is 0 Å². The molecule has 2 aromatic heterocycles. The standard InChI is InChI=1S/C9H8FN3S/c10-8-7(3-11)12-5-13-9(8)6-1-2-14-4-6/h1-2,4-5H,3,11H2. The molecule has 3 nitrogen and oxygen atoms in total. The van der Waals surface area contributed by atoms with Crippen LogP contribution < -0.4 is 5.73 Å². The van der Waals surface area contributed by atoms with Gasteiger partial charge in [-0.1, -0.05) is 0 Å². The van der Waals surface area contributed by atoms with Crippen LogP contribution in [-0.4, -0.2) is 9.97 Å². The molecule has 0 saturated heterocycles. The maximum absolute atomic E-state index is 13.6. The molecule has 0 aliphatic heterocycles. The number of hydrogen-bond donors (Lipinski definition) is 1. The summed E-state index contributed by atoms with van der Waals surface area (Å²) >= 11 is 1.50. The van der Waals surface area contributed by atoms with Gasteiger partial charge in [-0.25, -0.2) is 14.4 Å². The van der Waals surface area contributed by atoms with Crippen molar-refractivity contribution >= 4 is 11.3 Å². The number of thiophene rings is 1. The summed E-state index contributed by atoms with van der Waals surface area (Å²) < 4.78 is 13.6. The van der Waals surface area contributed by atoms with Gasteiger partial charge in [0.25, 0.3) is 0 Å². The summed E-state index contributed by atoms with van der Waals surface area (Å²) in [6, 6.07) is 1.82. The monoisotopic (exact) mass is 209 g/mol. The number of nitrogens with two attached hydrogens (primary N) is 1. The molecular formula is C9H8FN3S. The molecule has 0 aliphatic rings. The lowest BCUT2D eigenvalue weighted by molar-refractivity contribution is 0.596. The Morgan fingerprint density at radius 2 is 2.29 bits per heavy atom. The summed E-state index contributed by atoms with van der Waals surface area (Å²) in [4.78, 5) is 7.65. The van der Waals surface area contributed by atoms with E-state index in [1.165, 1.54) is 17.7 Å². The van der Waals surface area contributed by atoms with E-state index in [2.05, 4.69) is 9.97 Å². The summed E-state index contributed by atoms with van der Waals surface area (Å²) in [5.74, 6) is -0.423. The second kappa shape index (κ2) is 3.81. The molecule has 0 aromatic carbocycles. The molecule has 0 bridgehead atoms. The molecule has 0 aliphatic carbocycles. The molecule has 0 unspecified atom stereocenters. The molecule has 2 heterocycles. The van der Waals surface area contributed by atoms with Crippen LogP contribution in [0.3, 0.4) is 0 Å². The minimum atomic E-state index is -0.423. The van der Waals surface area contributed by atoms with Gasteiger partial charge in [0.15, 0.2) is 5.82 Å². The summed E-state index contributed by atoms with van der Waals surface area (Å²) in [5.41, 5.74) is 6.69. The third kappa shape index (κ3) is 1.51. The Morgan fingerprint density at radius 1 is 1.43 bits per heavy atom. The van der Waals surface area contributed by atoms with Crippen molar-refractivity contribution in [2.45, 2.75) is 6.54 Å². The van der Waals surface area contributed by atoms with Crippen LogP contribution >= 0.6 is 11.3 Å². The fourth-order valence-electron chi connectivity index (χ4n) is 1.15. The maximum Gasteiger partial charge on any atom is 0.172 e. The van der Waals surface area contributed by atoms with E-state index in [0.717, 1.165) is 5.56 Å². The smallest absolute Gasteiger partial charge is 0.172 e. The highest BCUT2D eigenvalue weighted by atomic mass is 32.1. The number of rotatable bonds is 2. The van der Waals surface area contributed by atoms with Gasteiger partial charge >= 0.3 is 0 Å². The van der Waals surface area contributed by atoms with E-state index in [9.17, 15) is 4.39 Å². The van der Waals surface area contributed by atoms with Gasteiger partial charge in [0.05, 0.1) is 5.69 Å². The predicted octanol–water partition coefficient (Wildman–Crippen LogP) is 1.80. The molecular weight excluding hydrogens is 201 g/mol. The van der Waals surface area contributed by atoms with Crippen LogP contribution in [0.4, 0.5) is 4.39 Å². The lowest BCUT2D eigenvalue weighted by atomic mass is 10.2. The van der Waals surface area contributed by atoms with Crippen LogP contribution in [0.25, 0.3) is 11.3 Å². The molecule has 0 spiro atoms. The van der Waals surface area contributed by atoms with Crippen LogP contribution in [0.2, 0.25) is 0 Å². The average molecular weight is 209 g/mol. The van der Waals surface area contributed by atoms with Crippen molar-refractivity contribution in [2.24, 2.45) is 5.73 Å². The van der Waals surface area contributed by atoms with Crippen molar-refractivity contribution in [2.75, 3.05) is 0 Å². The molecule has 0 saturated carbocycles. The molecule has 0 radical (unpaired) electrons. The second-order valence-electron chi connectivity index (χ2n) is 2.70. The molecule has 0 fully saturated rings. The maximum atomic E-state index is 13.6. The Morgan fingerprint density at radius 3 is 2.93 bits per heavy atom. The second-order valence-corrected chi connectivity index (χ2v) is 3.48. The molecule has 72 valence electrons. The van der Waals surface area contributed by atoms with Crippen LogP contribution in [0.5, 0.6) is 0 Å². The van der Waals surface area contributed by atoms with Gasteiger partial charge < -0.3 is 5.73 Å². The minimum Gasteiger partial charge on any atom is -0.325 e. The van der Waals surface area contributed by atoms with Crippen molar-refractivity contribution < 1.29 is 4.39 Å². The Bertz CT molecular complexity index is 428. The average Bonchev–Trinajstić information content (AvgIpc) is 2.71. The largest absolute Gasteiger partial charge is 0.325 e. The van der Waals surface area contributed by atoms with Crippen molar-refractivity contribution in [3.63, 3.8) is 0 Å². The first-order valence-corrected chi connectivity index (χ1v) is 4.99. The zero-order valence-corrected chi connectivity index (χ0v) is 8.09. The first kappa shape index (κ1) is 9.23. The van der Waals surface area contributed by atoms with Crippen molar-refractivity contribution in [3.05, 3.63) is 34.7 Å². The van der Waals surface area contributed by atoms with Crippen LogP contribution in [-0.2, 0) is 6.54 Å². The Kier molecular flexibility index (Phi) is 2.51. The first-order chi connectivity index (χ1) is 6.83. The lowest BCUT2D eigenvalue weighted by Crippen LogP contribution is -2.05. The normalized spacial score (nSPS) is 10.4. The van der Waals surface area contributed by atoms with E-state index in [0.29, 0.717) is 5.69 Å². The van der Waals surface area contributed by atoms with E-state index in [4.69, 9.17) is 5.73 Å². The highest BCUT2D eigenvalue weighted by molar-refractivity contribution is 7.08. The number of aromatic nitrogens is 2. The lowest BCUT2D eigenvalue weighted by Gasteiger charge is -2.02. The van der Waals surface area contributed by atoms with Gasteiger partial charge in [-0.05, 0) is 11.4 Å². The topological polar surface area (TPSA) is 51.8 Å². The number of halogens is 1. The molecule has 2 N–H and O–H groups in total. The number of nitrogens with zero attached hydrogens (tertiary/aromatic N) is 2. The van der Waals surface area contributed by atoms with Gasteiger partial charge in [0, 0.05) is 17.5 Å². The van der Waals surface area contributed by atoms with E-state index in [1.807, 2.05) is 16.8 Å². The third-order valence-electron chi connectivity index (χ3n) is 1.85. The highest BCUT2D eigenvalue weighted by Gasteiger charge is 2.11. The van der Waals surface area contributed by atoms with Crippen molar-refractivity contribution in [1.29, 1.82) is 0 Å². The van der Waals surface area contributed by atoms with Crippen molar-refractivity contribution in [1.82, 2.24) is 9.97 Å². The zero-order chi connectivity index (χ0) is 9.97. The van der Waals surface area contributed by atoms with E-state index >= 15 is 0 Å².